The van der Waals surface area contributed by atoms with Crippen molar-refractivity contribution >= 4 is 38.3 Å². The molecule has 1 aliphatic heterocycles. The second kappa shape index (κ2) is 5.63. The lowest BCUT2D eigenvalue weighted by molar-refractivity contribution is -0.120. The van der Waals surface area contributed by atoms with Gasteiger partial charge in [-0.2, -0.15) is 0 Å². The first-order valence-electron chi connectivity index (χ1n) is 7.62. The predicted molar refractivity (Wildman–Crippen MR) is 95.1 cm³/mol. The Morgan fingerprint density at radius 2 is 1.88 bits per heavy atom. The second-order valence-electron chi connectivity index (χ2n) is 5.79. The number of fused-ring (bicyclic) bond motifs is 2. The molecule has 2 heterocycles. The number of hydrogen-bond acceptors (Lipinski definition) is 5. The number of amides is 1. The van der Waals surface area contributed by atoms with Crippen molar-refractivity contribution in [3.05, 3.63) is 46.9 Å². The molecule has 2 aromatic carbocycles. The van der Waals surface area contributed by atoms with E-state index in [1.165, 1.54) is 23.1 Å². The molecule has 26 heavy (non-hydrogen) atoms. The third-order valence-electron chi connectivity index (χ3n) is 4.11. The molecule has 0 saturated heterocycles. The summed E-state index contributed by atoms with van der Waals surface area (Å²) >= 11 is 0. The quantitative estimate of drug-likeness (QED) is 0.631. The van der Waals surface area contributed by atoms with Gasteiger partial charge in [0.25, 0.3) is 15.9 Å². The number of imidazole rings is 1. The summed E-state index contributed by atoms with van der Waals surface area (Å²) in [5.74, 6) is 0.0636. The first kappa shape index (κ1) is 16.2. The second-order valence-corrected chi connectivity index (χ2v) is 7.47. The van der Waals surface area contributed by atoms with E-state index in [0.717, 1.165) is 0 Å². The van der Waals surface area contributed by atoms with Crippen molar-refractivity contribution in [2.45, 2.75) is 4.90 Å². The van der Waals surface area contributed by atoms with Crippen molar-refractivity contribution in [1.29, 1.82) is 0 Å². The Kier molecular flexibility index (Phi) is 3.51. The van der Waals surface area contributed by atoms with Crippen LogP contribution in [-0.4, -0.2) is 37.9 Å². The van der Waals surface area contributed by atoms with E-state index in [0.29, 0.717) is 16.7 Å². The van der Waals surface area contributed by atoms with Crippen LogP contribution in [0, 0.1) is 0 Å². The summed E-state index contributed by atoms with van der Waals surface area (Å²) in [5, 5.41) is 0. The van der Waals surface area contributed by atoms with Gasteiger partial charge in [-0.1, -0.05) is 6.07 Å². The van der Waals surface area contributed by atoms with Gasteiger partial charge in [-0.05, 0) is 30.3 Å². The van der Waals surface area contributed by atoms with Crippen molar-refractivity contribution in [2.24, 2.45) is 0 Å². The van der Waals surface area contributed by atoms with E-state index in [4.69, 9.17) is 4.74 Å². The lowest BCUT2D eigenvalue weighted by atomic mass is 10.2. The third-order valence-corrected chi connectivity index (χ3v) is 5.47. The number of nitrogens with zero attached hydrogens (tertiary/aromatic N) is 1. The number of likely N-dealkylation sites (N-methyl/N-ethyl adjacent to an activating group) is 1. The first-order valence-corrected chi connectivity index (χ1v) is 9.11. The summed E-state index contributed by atoms with van der Waals surface area (Å²) < 4.78 is 33.4. The SMILES string of the molecule is CN1C(=O)COc2c(NS(=O)(=O)c3ccc4[nH]c(=O)[nH]c4c3)cccc21. The van der Waals surface area contributed by atoms with E-state index in [1.807, 2.05) is 0 Å². The van der Waals surface area contributed by atoms with Gasteiger partial charge in [-0.3, -0.25) is 9.52 Å². The molecule has 0 bridgehead atoms. The van der Waals surface area contributed by atoms with Crippen LogP contribution in [0.4, 0.5) is 11.4 Å². The zero-order chi connectivity index (χ0) is 18.5. The van der Waals surface area contributed by atoms with Gasteiger partial charge < -0.3 is 19.6 Å². The molecule has 0 fully saturated rings. The van der Waals surface area contributed by atoms with Crippen LogP contribution in [-0.2, 0) is 14.8 Å². The van der Waals surface area contributed by atoms with Crippen LogP contribution in [0.2, 0.25) is 0 Å². The number of carbonyl (C=O) groups excluding carboxylic acids is 1. The van der Waals surface area contributed by atoms with Gasteiger partial charge in [0.15, 0.2) is 12.4 Å². The van der Waals surface area contributed by atoms with Gasteiger partial charge in [0.05, 0.1) is 27.3 Å². The number of ether oxygens (including phenoxy) is 1. The van der Waals surface area contributed by atoms with Gasteiger partial charge in [0.2, 0.25) is 0 Å². The van der Waals surface area contributed by atoms with Crippen LogP contribution in [0.3, 0.4) is 0 Å². The molecular weight excluding hydrogens is 360 g/mol. The Hall–Kier alpha value is -3.27. The van der Waals surface area contributed by atoms with Crippen molar-refractivity contribution in [1.82, 2.24) is 9.97 Å². The summed E-state index contributed by atoms with van der Waals surface area (Å²) in [6.07, 6.45) is 0. The molecule has 10 heteroatoms. The largest absolute Gasteiger partial charge is 0.479 e. The van der Waals surface area contributed by atoms with E-state index in [1.54, 1.807) is 25.2 Å². The minimum atomic E-state index is -3.93. The predicted octanol–water partition coefficient (Wildman–Crippen LogP) is 1.01. The number of H-pyrrole nitrogens is 2. The number of rotatable bonds is 3. The number of aromatic nitrogens is 2. The topological polar surface area (TPSA) is 124 Å². The number of nitrogens with one attached hydrogen (secondary N) is 3. The van der Waals surface area contributed by atoms with Crippen LogP contribution < -0.4 is 20.0 Å². The van der Waals surface area contributed by atoms with Crippen LogP contribution in [0.1, 0.15) is 0 Å². The summed E-state index contributed by atoms with van der Waals surface area (Å²) in [7, 11) is -2.33. The van der Waals surface area contributed by atoms with Crippen molar-refractivity contribution < 1.29 is 17.9 Å². The smallest absolute Gasteiger partial charge is 0.323 e. The van der Waals surface area contributed by atoms with E-state index in [-0.39, 0.29) is 28.8 Å². The van der Waals surface area contributed by atoms with E-state index in [2.05, 4.69) is 14.7 Å². The number of benzene rings is 2. The fourth-order valence-corrected chi connectivity index (χ4v) is 3.86. The normalized spacial score (nSPS) is 14.2. The van der Waals surface area contributed by atoms with Gasteiger partial charge in [0, 0.05) is 7.05 Å². The maximum atomic E-state index is 12.7. The minimum Gasteiger partial charge on any atom is -0.479 e. The molecule has 1 aromatic heterocycles. The Morgan fingerprint density at radius 3 is 2.69 bits per heavy atom. The zero-order valence-corrected chi connectivity index (χ0v) is 14.4. The minimum absolute atomic E-state index is 0.0157. The maximum absolute atomic E-state index is 12.7. The zero-order valence-electron chi connectivity index (χ0n) is 13.6. The summed E-state index contributed by atoms with van der Waals surface area (Å²) in [6, 6.07) is 9.10. The van der Waals surface area contributed by atoms with Gasteiger partial charge in [-0.15, -0.1) is 0 Å². The average Bonchev–Trinajstić information content (AvgIpc) is 2.97. The lowest BCUT2D eigenvalue weighted by Gasteiger charge is -2.27. The molecule has 0 radical (unpaired) electrons. The Morgan fingerprint density at radius 1 is 1.12 bits per heavy atom. The third kappa shape index (κ3) is 2.60. The van der Waals surface area contributed by atoms with Crippen LogP contribution in [0.5, 0.6) is 5.75 Å². The molecule has 0 saturated carbocycles. The molecule has 3 aromatic rings. The number of sulfonamides is 1. The molecule has 0 atom stereocenters. The highest BCUT2D eigenvalue weighted by atomic mass is 32.2. The molecule has 0 spiro atoms. The molecule has 9 nitrogen and oxygen atoms in total. The van der Waals surface area contributed by atoms with Gasteiger partial charge in [0.1, 0.15) is 0 Å². The molecule has 134 valence electrons. The fraction of sp³-hybridized carbons (Fsp3) is 0.125. The number of carbonyl (C=O) groups is 1. The summed E-state index contributed by atoms with van der Waals surface area (Å²) in [4.78, 5) is 29.5. The highest BCUT2D eigenvalue weighted by Crippen LogP contribution is 2.38. The molecule has 1 amide bonds. The Labute approximate surface area is 147 Å². The summed E-state index contributed by atoms with van der Waals surface area (Å²) in [6.45, 7) is -0.168. The molecule has 4 rings (SSSR count). The van der Waals surface area contributed by atoms with Crippen molar-refractivity contribution in [3.8, 4) is 5.75 Å². The number of aromatic amines is 2. The fourth-order valence-electron chi connectivity index (χ4n) is 2.77. The van der Waals surface area contributed by atoms with Crippen LogP contribution in [0.25, 0.3) is 11.0 Å². The standard InChI is InChI=1S/C16H14N4O5S/c1-20-13-4-2-3-11(15(13)25-8-14(20)21)19-26(23,24)9-5-6-10-12(7-9)18-16(22)17-10/h2-7,19H,8H2,1H3,(H2,17,18,22). The molecule has 3 N–H and O–H groups in total. The van der Waals surface area contributed by atoms with Crippen molar-refractivity contribution in [2.75, 3.05) is 23.3 Å². The van der Waals surface area contributed by atoms with E-state index in [9.17, 15) is 18.0 Å². The molecule has 1 aliphatic rings. The average molecular weight is 374 g/mol. The van der Waals surface area contributed by atoms with Crippen LogP contribution in [0.15, 0.2) is 46.1 Å². The number of para-hydroxylation sites is 1. The summed E-state index contributed by atoms with van der Waals surface area (Å²) in [5.41, 5.74) is 1.18. The molecule has 0 aliphatic carbocycles. The number of anilines is 2. The highest BCUT2D eigenvalue weighted by molar-refractivity contribution is 7.92. The van der Waals surface area contributed by atoms with E-state index < -0.39 is 15.7 Å². The lowest BCUT2D eigenvalue weighted by Crippen LogP contribution is -2.35. The van der Waals surface area contributed by atoms with E-state index >= 15 is 0 Å². The molecular formula is C16H14N4O5S. The maximum Gasteiger partial charge on any atom is 0.323 e. The van der Waals surface area contributed by atoms with Gasteiger partial charge >= 0.3 is 5.69 Å². The number of hydrogen-bond donors (Lipinski definition) is 3. The first-order chi connectivity index (χ1) is 12.3. The Balaban J connectivity index is 1.74. The van der Waals surface area contributed by atoms with Crippen LogP contribution >= 0.6 is 0 Å². The Bertz CT molecular complexity index is 1190. The van der Waals surface area contributed by atoms with Crippen molar-refractivity contribution in [3.63, 3.8) is 0 Å². The molecule has 0 unspecified atom stereocenters. The monoisotopic (exact) mass is 374 g/mol. The highest BCUT2D eigenvalue weighted by Gasteiger charge is 2.26. The van der Waals surface area contributed by atoms with Gasteiger partial charge in [-0.25, -0.2) is 13.2 Å².